The molecule has 0 amide bonds. The van der Waals surface area contributed by atoms with Crippen molar-refractivity contribution in [1.29, 1.82) is 0 Å². The first-order valence-electron chi connectivity index (χ1n) is 9.78. The summed E-state index contributed by atoms with van der Waals surface area (Å²) in [6.07, 6.45) is -3.26. The van der Waals surface area contributed by atoms with Crippen LogP contribution in [0.15, 0.2) is 68.8 Å². The fourth-order valence-electron chi connectivity index (χ4n) is 2.78. The van der Waals surface area contributed by atoms with Gasteiger partial charge in [0, 0.05) is 7.05 Å². The van der Waals surface area contributed by atoms with Gasteiger partial charge in [-0.25, -0.2) is 4.39 Å². The lowest BCUT2D eigenvalue weighted by atomic mass is 10.1. The Morgan fingerprint density at radius 2 is 1.88 bits per heavy atom. The highest BCUT2D eigenvalue weighted by molar-refractivity contribution is 6.45. The molecule has 9 nitrogen and oxygen atoms in total. The Morgan fingerprint density at radius 3 is 2.52 bits per heavy atom. The first-order valence-corrected chi connectivity index (χ1v) is 10.2. The van der Waals surface area contributed by atoms with E-state index in [0.717, 1.165) is 0 Å². The van der Waals surface area contributed by atoms with Crippen molar-refractivity contribution in [2.75, 3.05) is 27.4 Å². The highest BCUT2D eigenvalue weighted by Gasteiger charge is 2.31. The Balaban J connectivity index is 1.87. The van der Waals surface area contributed by atoms with Gasteiger partial charge in [-0.2, -0.15) is 0 Å². The lowest BCUT2D eigenvalue weighted by molar-refractivity contribution is 0.0672. The van der Waals surface area contributed by atoms with E-state index in [2.05, 4.69) is 27.0 Å². The first kappa shape index (κ1) is 24.0. The fourth-order valence-corrected chi connectivity index (χ4v) is 2.96. The van der Waals surface area contributed by atoms with E-state index in [1.807, 2.05) is 0 Å². The van der Waals surface area contributed by atoms with Crippen molar-refractivity contribution < 1.29 is 28.3 Å². The van der Waals surface area contributed by atoms with E-state index in [4.69, 9.17) is 35.5 Å². The molecule has 2 aromatic carbocycles. The van der Waals surface area contributed by atoms with Gasteiger partial charge in [-0.1, -0.05) is 41.0 Å². The van der Waals surface area contributed by atoms with Gasteiger partial charge in [-0.3, -0.25) is 9.98 Å². The zero-order valence-electron chi connectivity index (χ0n) is 18.0. The molecule has 33 heavy (non-hydrogen) atoms. The van der Waals surface area contributed by atoms with Gasteiger partial charge in [-0.15, -0.1) is 0 Å². The number of halogens is 2. The van der Waals surface area contributed by atoms with Gasteiger partial charge in [0.15, 0.2) is 12.3 Å². The van der Waals surface area contributed by atoms with Crippen LogP contribution in [0.4, 0.5) is 4.39 Å². The maximum absolute atomic E-state index is 15.4. The van der Waals surface area contributed by atoms with E-state index in [9.17, 15) is 0 Å². The highest BCUT2D eigenvalue weighted by Crippen LogP contribution is 2.27. The molecular weight excluding hydrogens is 455 g/mol. The molecule has 0 bridgehead atoms. The van der Waals surface area contributed by atoms with Crippen LogP contribution in [-0.2, 0) is 14.4 Å². The third-order valence-electron chi connectivity index (χ3n) is 4.27. The van der Waals surface area contributed by atoms with E-state index >= 15 is 4.39 Å². The number of rotatable bonds is 9. The quantitative estimate of drug-likeness (QED) is 0.311. The minimum absolute atomic E-state index is 0.0959. The topological polar surface area (TPSA) is 95.6 Å². The summed E-state index contributed by atoms with van der Waals surface area (Å²) < 4.78 is 32.3. The van der Waals surface area contributed by atoms with Gasteiger partial charge in [0.2, 0.25) is 18.3 Å². The largest absolute Gasteiger partial charge is 0.470 e. The molecule has 3 rings (SSSR count). The molecule has 2 unspecified atom stereocenters. The van der Waals surface area contributed by atoms with Crippen LogP contribution in [0, 0.1) is 0 Å². The van der Waals surface area contributed by atoms with E-state index in [1.54, 1.807) is 48.5 Å². The van der Waals surface area contributed by atoms with Crippen molar-refractivity contribution in [1.82, 2.24) is 0 Å². The number of nitrogens with zero attached hydrogens (tertiary/aromatic N) is 4. The first-order chi connectivity index (χ1) is 16.1. The van der Waals surface area contributed by atoms with E-state index in [1.165, 1.54) is 14.2 Å². The monoisotopic (exact) mass is 476 g/mol. The number of aliphatic imine (C=N–C) groups is 2. The Labute approximate surface area is 195 Å². The number of hydrogen-bond acceptors (Lipinski definition) is 9. The predicted molar refractivity (Wildman–Crippen MR) is 124 cm³/mol. The smallest absolute Gasteiger partial charge is 0.280 e. The fraction of sp³-hybridized carbons (Fsp3) is 0.273. The molecule has 1 aliphatic heterocycles. The molecule has 2 atom stereocenters. The van der Waals surface area contributed by atoms with Crippen LogP contribution in [0.3, 0.4) is 0 Å². The molecular formula is C22H22ClFN4O5. The van der Waals surface area contributed by atoms with Crippen LogP contribution in [0.5, 0.6) is 11.5 Å². The second-order valence-electron chi connectivity index (χ2n) is 6.38. The molecule has 0 spiro atoms. The maximum atomic E-state index is 15.4. The van der Waals surface area contributed by atoms with Crippen molar-refractivity contribution in [2.24, 2.45) is 20.3 Å². The molecule has 1 heterocycles. The molecule has 0 saturated carbocycles. The summed E-state index contributed by atoms with van der Waals surface area (Å²) in [5, 5.41) is 8.14. The van der Waals surface area contributed by atoms with Crippen molar-refractivity contribution in [3.63, 3.8) is 0 Å². The average Bonchev–Trinajstić information content (AvgIpc) is 2.86. The van der Waals surface area contributed by atoms with Gasteiger partial charge in [0.05, 0.1) is 10.6 Å². The molecule has 11 heteroatoms. The summed E-state index contributed by atoms with van der Waals surface area (Å²) in [6, 6.07) is 13.4. The number of benzene rings is 2. The van der Waals surface area contributed by atoms with Crippen LogP contribution >= 0.6 is 11.6 Å². The van der Waals surface area contributed by atoms with E-state index in [-0.39, 0.29) is 35.6 Å². The van der Waals surface area contributed by atoms with Gasteiger partial charge in [0.1, 0.15) is 25.2 Å². The molecule has 0 aromatic heterocycles. The number of para-hydroxylation sites is 2. The molecule has 174 valence electrons. The van der Waals surface area contributed by atoms with Gasteiger partial charge in [-0.05, 0) is 36.1 Å². The number of alkyl halides is 1. The second-order valence-corrected chi connectivity index (χ2v) is 6.79. The highest BCUT2D eigenvalue weighted by atomic mass is 35.5. The third-order valence-corrected chi connectivity index (χ3v) is 4.59. The molecule has 0 fully saturated rings. The number of hydrogen-bond donors (Lipinski definition) is 0. The Morgan fingerprint density at radius 1 is 1.15 bits per heavy atom. The summed E-state index contributed by atoms with van der Waals surface area (Å²) in [6.45, 7) is 4.00. The lowest BCUT2D eigenvalue weighted by Gasteiger charge is -2.21. The van der Waals surface area contributed by atoms with Crippen LogP contribution in [0.1, 0.15) is 5.56 Å². The number of ether oxygens (including phenoxy) is 3. The summed E-state index contributed by atoms with van der Waals surface area (Å²) in [7, 11) is 2.75. The van der Waals surface area contributed by atoms with Crippen molar-refractivity contribution in [3.05, 3.63) is 59.1 Å². The van der Waals surface area contributed by atoms with E-state index < -0.39 is 12.4 Å². The van der Waals surface area contributed by atoms with Crippen molar-refractivity contribution >= 4 is 35.8 Å². The minimum atomic E-state index is -1.90. The molecule has 1 aliphatic rings. The summed E-state index contributed by atoms with van der Waals surface area (Å²) >= 11 is 6.10. The molecule has 0 radical (unpaired) electrons. The Kier molecular flexibility index (Phi) is 8.59. The van der Waals surface area contributed by atoms with Gasteiger partial charge in [0.25, 0.3) is 5.90 Å². The maximum Gasteiger partial charge on any atom is 0.280 e. The van der Waals surface area contributed by atoms with Crippen LogP contribution in [0.2, 0.25) is 5.02 Å². The normalized spacial score (nSPS) is 15.9. The Bertz CT molecular complexity index is 1060. The van der Waals surface area contributed by atoms with Gasteiger partial charge < -0.3 is 23.9 Å². The molecule has 2 aromatic rings. The van der Waals surface area contributed by atoms with Gasteiger partial charge >= 0.3 is 0 Å². The lowest BCUT2D eigenvalue weighted by Crippen LogP contribution is -2.36. The third kappa shape index (κ3) is 5.98. The van der Waals surface area contributed by atoms with E-state index in [0.29, 0.717) is 17.2 Å². The summed E-state index contributed by atoms with van der Waals surface area (Å²) in [4.78, 5) is 17.7. The average molecular weight is 477 g/mol. The van der Waals surface area contributed by atoms with Crippen LogP contribution < -0.4 is 9.47 Å². The zero-order chi connectivity index (χ0) is 23.6. The molecule has 0 saturated heterocycles. The molecule has 0 aliphatic carbocycles. The minimum Gasteiger partial charge on any atom is -0.470 e. The zero-order valence-corrected chi connectivity index (χ0v) is 18.7. The van der Waals surface area contributed by atoms with Crippen LogP contribution in [0.25, 0.3) is 0 Å². The summed E-state index contributed by atoms with van der Waals surface area (Å²) in [5.41, 5.74) is 0.608. The van der Waals surface area contributed by atoms with Crippen LogP contribution in [-0.4, -0.2) is 64.0 Å². The standard InChI is InChI=1S/C22H22ClFN4O5/c1-25-20(18(24)21(26-2)33-17-11-7-5-9-15(17)23)32-16-10-6-4-8-14(16)19(27-29-3)22-28-31-13-12-30-22/h4-11,18,21H,2,12-13H2,1,3H3/b25-20?,27-19-. The van der Waals surface area contributed by atoms with Crippen molar-refractivity contribution in [3.8, 4) is 11.5 Å². The molecule has 0 N–H and O–H groups in total. The predicted octanol–water partition coefficient (Wildman–Crippen LogP) is 3.90. The SMILES string of the molecule is C=NC(Oc1ccccc1Cl)C(F)C(=NC)Oc1ccccc1/C(=N/OC)C1=NOCCO1. The Hall–Kier alpha value is -3.66. The number of oxime groups is 2. The van der Waals surface area contributed by atoms with Crippen molar-refractivity contribution in [2.45, 2.75) is 12.4 Å². The summed E-state index contributed by atoms with van der Waals surface area (Å²) in [5.74, 6) is 0.260. The second kappa shape index (κ2) is 11.8.